The van der Waals surface area contributed by atoms with Crippen molar-refractivity contribution in [2.45, 2.75) is 121 Å². The summed E-state index contributed by atoms with van der Waals surface area (Å²) in [7, 11) is 0. The summed E-state index contributed by atoms with van der Waals surface area (Å²) in [5, 5.41) is 0. The predicted molar refractivity (Wildman–Crippen MR) is 181 cm³/mol. The Kier molecular flexibility index (Phi) is 13.4. The number of hydrogen-bond donors (Lipinski definition) is 0. The van der Waals surface area contributed by atoms with Crippen molar-refractivity contribution in [3.63, 3.8) is 0 Å². The van der Waals surface area contributed by atoms with Gasteiger partial charge in [0.25, 0.3) is 0 Å². The number of hydrogen-bond acceptors (Lipinski definition) is 0. The Morgan fingerprint density at radius 1 is 0.625 bits per heavy atom. The molecule has 0 bridgehead atoms. The second-order valence-corrected chi connectivity index (χ2v) is 13.6. The van der Waals surface area contributed by atoms with Gasteiger partial charge in [0.05, 0.1) is 0 Å². The summed E-state index contributed by atoms with van der Waals surface area (Å²) < 4.78 is 0. The van der Waals surface area contributed by atoms with Gasteiger partial charge < -0.3 is 0 Å². The number of rotatable bonds is 11. The molecule has 0 radical (unpaired) electrons. The monoisotopic (exact) mass is 538 g/mol. The van der Waals surface area contributed by atoms with Crippen molar-refractivity contribution in [1.82, 2.24) is 0 Å². The quantitative estimate of drug-likeness (QED) is 0.181. The molecule has 0 nitrogen and oxygen atoms in total. The molecule has 0 aromatic carbocycles. The maximum Gasteiger partial charge on any atom is -0.0104 e. The minimum Gasteiger partial charge on any atom is -0.0736 e. The van der Waals surface area contributed by atoms with Crippen LogP contribution < -0.4 is 0 Å². The van der Waals surface area contributed by atoms with E-state index in [0.29, 0.717) is 10.8 Å². The fraction of sp³-hybridized carbons (Fsp3) is 0.500. The van der Waals surface area contributed by atoms with Gasteiger partial charge in [0.15, 0.2) is 0 Å². The molecule has 40 heavy (non-hydrogen) atoms. The summed E-state index contributed by atoms with van der Waals surface area (Å²) in [6, 6.07) is 0. The minimum atomic E-state index is 0.294. The van der Waals surface area contributed by atoms with Gasteiger partial charge in [0.1, 0.15) is 0 Å². The van der Waals surface area contributed by atoms with Crippen molar-refractivity contribution in [2.24, 2.45) is 10.8 Å². The third-order valence-electron chi connectivity index (χ3n) is 8.80. The van der Waals surface area contributed by atoms with Crippen LogP contribution in [0.15, 0.2) is 117 Å². The zero-order valence-corrected chi connectivity index (χ0v) is 27.6. The van der Waals surface area contributed by atoms with E-state index in [1.54, 1.807) is 16.7 Å². The van der Waals surface area contributed by atoms with Gasteiger partial charge in [-0.2, -0.15) is 0 Å². The molecule has 0 unspecified atom stereocenters. The molecule has 0 amide bonds. The molecule has 0 atom stereocenters. The van der Waals surface area contributed by atoms with Crippen LogP contribution in [-0.4, -0.2) is 0 Å². The average molecular weight is 539 g/mol. The molecule has 218 valence electrons. The van der Waals surface area contributed by atoms with Gasteiger partial charge in [0, 0.05) is 0 Å². The molecule has 0 saturated heterocycles. The topological polar surface area (TPSA) is 0 Å². The maximum atomic E-state index is 2.42. The van der Waals surface area contributed by atoms with Crippen LogP contribution >= 0.6 is 0 Å². The molecule has 0 spiro atoms. The molecule has 2 aliphatic carbocycles. The van der Waals surface area contributed by atoms with Crippen LogP contribution in [0.4, 0.5) is 0 Å². The molecule has 0 heteroatoms. The van der Waals surface area contributed by atoms with Crippen molar-refractivity contribution in [3.05, 3.63) is 117 Å². The van der Waals surface area contributed by atoms with Crippen LogP contribution in [0, 0.1) is 10.8 Å². The van der Waals surface area contributed by atoms with E-state index in [1.807, 2.05) is 0 Å². The first kappa shape index (κ1) is 33.6. The summed E-state index contributed by atoms with van der Waals surface area (Å²) in [5.74, 6) is 0. The summed E-state index contributed by atoms with van der Waals surface area (Å²) >= 11 is 0. The molecule has 0 fully saturated rings. The van der Waals surface area contributed by atoms with Crippen molar-refractivity contribution < 1.29 is 0 Å². The Labute approximate surface area is 248 Å². The second kappa shape index (κ2) is 16.0. The predicted octanol–water partition coefficient (Wildman–Crippen LogP) is 12.8. The van der Waals surface area contributed by atoms with E-state index in [1.165, 1.54) is 72.8 Å². The summed E-state index contributed by atoms with van der Waals surface area (Å²) in [6.45, 7) is 23.0. The molecule has 0 aromatic heterocycles. The van der Waals surface area contributed by atoms with E-state index in [2.05, 4.69) is 142 Å². The molecular weight excluding hydrogens is 480 g/mol. The van der Waals surface area contributed by atoms with Gasteiger partial charge in [-0.3, -0.25) is 0 Å². The Hall–Kier alpha value is -2.60. The Morgan fingerprint density at radius 3 is 1.70 bits per heavy atom. The molecule has 0 saturated carbocycles. The molecular formula is C40H58. The lowest BCUT2D eigenvalue weighted by Crippen LogP contribution is -2.20. The zero-order valence-electron chi connectivity index (χ0n) is 27.6. The first-order valence-corrected chi connectivity index (χ1v) is 15.6. The molecule has 0 heterocycles. The fourth-order valence-electron chi connectivity index (χ4n) is 6.15. The fourth-order valence-corrected chi connectivity index (χ4v) is 6.15. The average Bonchev–Trinajstić information content (AvgIpc) is 2.85. The lowest BCUT2D eigenvalue weighted by atomic mass is 9.71. The highest BCUT2D eigenvalue weighted by Gasteiger charge is 2.28. The Bertz CT molecular complexity index is 1170. The highest BCUT2D eigenvalue weighted by atomic mass is 14.3. The smallest absolute Gasteiger partial charge is 0.0104 e. The third kappa shape index (κ3) is 11.5. The van der Waals surface area contributed by atoms with Gasteiger partial charge in [-0.05, 0) is 109 Å². The first-order valence-electron chi connectivity index (χ1n) is 15.6. The zero-order chi connectivity index (χ0) is 29.8. The SMILES string of the molecule is CC(C=CC=C(C)C=CC1=C(C)CCCC1(C)C)=CC=CC=C(C)C=CC=C(C)CCC1=C(C)CCCC1(C)C. The van der Waals surface area contributed by atoms with Crippen molar-refractivity contribution >= 4 is 0 Å². The summed E-state index contributed by atoms with van der Waals surface area (Å²) in [4.78, 5) is 0. The van der Waals surface area contributed by atoms with Gasteiger partial charge in [-0.1, -0.05) is 140 Å². The third-order valence-corrected chi connectivity index (χ3v) is 8.80. The Balaban J connectivity index is 1.84. The van der Waals surface area contributed by atoms with Crippen LogP contribution in [0.3, 0.4) is 0 Å². The summed E-state index contributed by atoms with van der Waals surface area (Å²) in [5.41, 5.74) is 12.3. The van der Waals surface area contributed by atoms with Crippen molar-refractivity contribution in [3.8, 4) is 0 Å². The van der Waals surface area contributed by atoms with E-state index < -0.39 is 0 Å². The maximum absolute atomic E-state index is 2.42. The van der Waals surface area contributed by atoms with E-state index in [9.17, 15) is 0 Å². The largest absolute Gasteiger partial charge is 0.0736 e. The standard InChI is InChI=1S/C40H58/c1-31(19-13-21-33(3)25-27-37-35(5)23-15-29-39(37,7)8)17-11-12-18-32(2)20-14-22-34(4)26-28-38-36(6)24-16-30-40(38,9)10/h11-14,17-22,25,27H,15-16,23-24,26,28-30H2,1-10H3. The Morgan fingerprint density at radius 2 is 1.12 bits per heavy atom. The van der Waals surface area contributed by atoms with E-state index in [4.69, 9.17) is 0 Å². The van der Waals surface area contributed by atoms with Gasteiger partial charge >= 0.3 is 0 Å². The van der Waals surface area contributed by atoms with Gasteiger partial charge in [-0.25, -0.2) is 0 Å². The van der Waals surface area contributed by atoms with Crippen LogP contribution in [0.5, 0.6) is 0 Å². The second-order valence-electron chi connectivity index (χ2n) is 13.6. The summed E-state index contributed by atoms with van der Waals surface area (Å²) in [6.07, 6.45) is 36.5. The minimum absolute atomic E-state index is 0.294. The molecule has 0 N–H and O–H groups in total. The molecule has 0 aliphatic heterocycles. The van der Waals surface area contributed by atoms with E-state index in [0.717, 1.165) is 6.42 Å². The highest BCUT2D eigenvalue weighted by Crippen LogP contribution is 2.43. The van der Waals surface area contributed by atoms with Gasteiger partial charge in [0.2, 0.25) is 0 Å². The van der Waals surface area contributed by atoms with Crippen molar-refractivity contribution in [2.75, 3.05) is 0 Å². The number of allylic oxidation sites excluding steroid dienone is 20. The molecule has 2 rings (SSSR count). The van der Waals surface area contributed by atoms with Crippen LogP contribution in [0.25, 0.3) is 0 Å². The highest BCUT2D eigenvalue weighted by molar-refractivity contribution is 5.37. The first-order chi connectivity index (χ1) is 18.8. The van der Waals surface area contributed by atoms with E-state index >= 15 is 0 Å². The normalized spacial score (nSPS) is 21.8. The van der Waals surface area contributed by atoms with Gasteiger partial charge in [-0.15, -0.1) is 0 Å². The lowest BCUT2D eigenvalue weighted by Gasteiger charge is -2.34. The van der Waals surface area contributed by atoms with Crippen LogP contribution in [-0.2, 0) is 0 Å². The van der Waals surface area contributed by atoms with Crippen LogP contribution in [0.2, 0.25) is 0 Å². The molecule has 2 aliphatic rings. The van der Waals surface area contributed by atoms with E-state index in [-0.39, 0.29) is 0 Å². The van der Waals surface area contributed by atoms with Crippen molar-refractivity contribution in [1.29, 1.82) is 0 Å². The lowest BCUT2D eigenvalue weighted by molar-refractivity contribution is 0.354. The molecule has 0 aromatic rings. The van der Waals surface area contributed by atoms with Crippen LogP contribution in [0.1, 0.15) is 121 Å².